The van der Waals surface area contributed by atoms with Crippen molar-refractivity contribution < 1.29 is 27.5 Å². The molecule has 1 aromatic heterocycles. The minimum Gasteiger partial charge on any atom is -0.476 e. The molecule has 0 unspecified atom stereocenters. The lowest BCUT2D eigenvalue weighted by molar-refractivity contribution is -0.139. The SMILES string of the molecule is O=C(O)c1ncccc1-c1ccc(F)c(C(F)(F)F)c1. The van der Waals surface area contributed by atoms with Gasteiger partial charge >= 0.3 is 12.1 Å². The van der Waals surface area contributed by atoms with Crippen molar-refractivity contribution in [2.75, 3.05) is 0 Å². The summed E-state index contributed by atoms with van der Waals surface area (Å²) in [5.41, 5.74) is -1.92. The van der Waals surface area contributed by atoms with Gasteiger partial charge in [0.2, 0.25) is 0 Å². The lowest BCUT2D eigenvalue weighted by atomic mass is 10.0. The largest absolute Gasteiger partial charge is 0.476 e. The maximum absolute atomic E-state index is 13.2. The van der Waals surface area contributed by atoms with Gasteiger partial charge in [-0.3, -0.25) is 0 Å². The molecule has 0 saturated heterocycles. The van der Waals surface area contributed by atoms with Crippen LogP contribution in [0, 0.1) is 5.82 Å². The van der Waals surface area contributed by atoms with E-state index in [1.165, 1.54) is 18.3 Å². The van der Waals surface area contributed by atoms with Gasteiger partial charge in [0.05, 0.1) is 5.56 Å². The highest BCUT2D eigenvalue weighted by Crippen LogP contribution is 2.34. The van der Waals surface area contributed by atoms with E-state index < -0.39 is 29.2 Å². The molecule has 0 amide bonds. The van der Waals surface area contributed by atoms with Crippen molar-refractivity contribution in [2.45, 2.75) is 6.18 Å². The minimum atomic E-state index is -4.86. The number of hydrogen-bond acceptors (Lipinski definition) is 2. The van der Waals surface area contributed by atoms with Crippen LogP contribution in [-0.2, 0) is 6.18 Å². The maximum atomic E-state index is 13.2. The number of hydrogen-bond donors (Lipinski definition) is 1. The zero-order valence-corrected chi connectivity index (χ0v) is 9.78. The number of aromatic carboxylic acids is 1. The van der Waals surface area contributed by atoms with E-state index in [-0.39, 0.29) is 11.1 Å². The number of nitrogens with zero attached hydrogens (tertiary/aromatic N) is 1. The number of rotatable bonds is 2. The molecule has 0 aliphatic carbocycles. The van der Waals surface area contributed by atoms with Gasteiger partial charge in [0.1, 0.15) is 5.82 Å². The fourth-order valence-electron chi connectivity index (χ4n) is 1.72. The Labute approximate surface area is 110 Å². The molecule has 20 heavy (non-hydrogen) atoms. The number of aromatic nitrogens is 1. The Morgan fingerprint density at radius 2 is 1.90 bits per heavy atom. The number of alkyl halides is 3. The summed E-state index contributed by atoms with van der Waals surface area (Å²) in [7, 11) is 0. The third-order valence-electron chi connectivity index (χ3n) is 2.59. The highest BCUT2D eigenvalue weighted by Gasteiger charge is 2.34. The van der Waals surface area contributed by atoms with Gasteiger partial charge in [0.25, 0.3) is 0 Å². The van der Waals surface area contributed by atoms with Gasteiger partial charge in [-0.25, -0.2) is 14.2 Å². The van der Waals surface area contributed by atoms with Crippen LogP contribution < -0.4 is 0 Å². The van der Waals surface area contributed by atoms with Crippen LogP contribution in [0.15, 0.2) is 36.5 Å². The normalized spacial score (nSPS) is 11.4. The zero-order chi connectivity index (χ0) is 14.9. The first kappa shape index (κ1) is 14.0. The average Bonchev–Trinajstić information content (AvgIpc) is 2.38. The first-order valence-electron chi connectivity index (χ1n) is 5.36. The molecule has 0 saturated carbocycles. The van der Waals surface area contributed by atoms with E-state index in [0.717, 1.165) is 6.07 Å². The van der Waals surface area contributed by atoms with E-state index >= 15 is 0 Å². The van der Waals surface area contributed by atoms with E-state index in [1.54, 1.807) is 0 Å². The molecule has 1 aromatic carbocycles. The van der Waals surface area contributed by atoms with Crippen LogP contribution in [0.2, 0.25) is 0 Å². The van der Waals surface area contributed by atoms with Gasteiger partial charge in [-0.1, -0.05) is 12.1 Å². The van der Waals surface area contributed by atoms with Gasteiger partial charge in [-0.15, -0.1) is 0 Å². The molecular formula is C13H7F4NO2. The van der Waals surface area contributed by atoms with Crippen molar-refractivity contribution in [2.24, 2.45) is 0 Å². The molecule has 0 aliphatic rings. The van der Waals surface area contributed by atoms with Crippen molar-refractivity contribution in [3.8, 4) is 11.1 Å². The van der Waals surface area contributed by atoms with Crippen LogP contribution in [0.25, 0.3) is 11.1 Å². The molecule has 1 heterocycles. The van der Waals surface area contributed by atoms with Gasteiger partial charge in [0.15, 0.2) is 5.69 Å². The van der Waals surface area contributed by atoms with Crippen LogP contribution >= 0.6 is 0 Å². The Bertz CT molecular complexity index is 668. The lowest BCUT2D eigenvalue weighted by Gasteiger charge is -2.11. The summed E-state index contributed by atoms with van der Waals surface area (Å²) >= 11 is 0. The van der Waals surface area contributed by atoms with Crippen LogP contribution in [0.5, 0.6) is 0 Å². The quantitative estimate of drug-likeness (QED) is 0.858. The van der Waals surface area contributed by atoms with Crippen LogP contribution in [0.4, 0.5) is 17.6 Å². The molecule has 0 spiro atoms. The second-order valence-corrected chi connectivity index (χ2v) is 3.90. The summed E-state index contributed by atoms with van der Waals surface area (Å²) in [6, 6.07) is 4.99. The van der Waals surface area contributed by atoms with E-state index in [1.807, 2.05) is 0 Å². The summed E-state index contributed by atoms with van der Waals surface area (Å²) in [6.45, 7) is 0. The van der Waals surface area contributed by atoms with Gasteiger partial charge in [-0.05, 0) is 23.8 Å². The van der Waals surface area contributed by atoms with Crippen LogP contribution in [0.3, 0.4) is 0 Å². The highest BCUT2D eigenvalue weighted by atomic mass is 19.4. The fourth-order valence-corrected chi connectivity index (χ4v) is 1.72. The molecule has 3 nitrogen and oxygen atoms in total. The Hall–Kier alpha value is -2.44. The first-order valence-corrected chi connectivity index (χ1v) is 5.36. The van der Waals surface area contributed by atoms with Gasteiger partial charge < -0.3 is 5.11 Å². The lowest BCUT2D eigenvalue weighted by Crippen LogP contribution is -2.09. The summed E-state index contributed by atoms with van der Waals surface area (Å²) < 4.78 is 51.1. The molecule has 0 atom stereocenters. The number of benzene rings is 1. The standard InChI is InChI=1S/C13H7F4NO2/c14-10-4-3-7(6-9(10)13(15,16)17)8-2-1-5-18-11(8)12(19)20/h1-6H,(H,19,20). The van der Waals surface area contributed by atoms with Crippen LogP contribution in [-0.4, -0.2) is 16.1 Å². The average molecular weight is 285 g/mol. The monoisotopic (exact) mass is 285 g/mol. The Balaban J connectivity index is 2.63. The number of carboxylic acids is 1. The number of carboxylic acid groups (broad SMARTS) is 1. The third kappa shape index (κ3) is 2.61. The fraction of sp³-hybridized carbons (Fsp3) is 0.0769. The Morgan fingerprint density at radius 1 is 1.20 bits per heavy atom. The van der Waals surface area contributed by atoms with Crippen LogP contribution in [0.1, 0.15) is 16.1 Å². The summed E-state index contributed by atoms with van der Waals surface area (Å²) in [5.74, 6) is -2.79. The second-order valence-electron chi connectivity index (χ2n) is 3.90. The van der Waals surface area contributed by atoms with Crippen molar-refractivity contribution in [1.82, 2.24) is 4.98 Å². The molecule has 2 rings (SSSR count). The molecule has 2 aromatic rings. The summed E-state index contributed by atoms with van der Waals surface area (Å²) in [5, 5.41) is 8.95. The third-order valence-corrected chi connectivity index (χ3v) is 2.59. The van der Waals surface area contributed by atoms with Crippen molar-refractivity contribution >= 4 is 5.97 Å². The predicted octanol–water partition coefficient (Wildman–Crippen LogP) is 3.60. The number of carbonyl (C=O) groups is 1. The van der Waals surface area contributed by atoms with Gasteiger partial charge in [0, 0.05) is 11.8 Å². The summed E-state index contributed by atoms with van der Waals surface area (Å²) in [6.07, 6.45) is -3.65. The van der Waals surface area contributed by atoms with Crippen molar-refractivity contribution in [1.29, 1.82) is 0 Å². The molecule has 0 aliphatic heterocycles. The summed E-state index contributed by atoms with van der Waals surface area (Å²) in [4.78, 5) is 14.6. The van der Waals surface area contributed by atoms with E-state index in [2.05, 4.69) is 4.98 Å². The number of halogens is 4. The minimum absolute atomic E-state index is 0.00880. The molecule has 0 bridgehead atoms. The first-order chi connectivity index (χ1) is 9.30. The number of pyridine rings is 1. The maximum Gasteiger partial charge on any atom is 0.419 e. The second kappa shape index (κ2) is 4.92. The topological polar surface area (TPSA) is 50.2 Å². The van der Waals surface area contributed by atoms with E-state index in [4.69, 9.17) is 5.11 Å². The van der Waals surface area contributed by atoms with E-state index in [0.29, 0.717) is 12.1 Å². The zero-order valence-electron chi connectivity index (χ0n) is 9.78. The smallest absolute Gasteiger partial charge is 0.419 e. The molecule has 7 heteroatoms. The Kier molecular flexibility index (Phi) is 3.44. The Morgan fingerprint density at radius 3 is 2.50 bits per heavy atom. The molecule has 0 radical (unpaired) electrons. The molecular weight excluding hydrogens is 278 g/mol. The predicted molar refractivity (Wildman–Crippen MR) is 61.6 cm³/mol. The highest BCUT2D eigenvalue weighted by molar-refractivity contribution is 5.93. The molecule has 104 valence electrons. The molecule has 0 fully saturated rings. The van der Waals surface area contributed by atoms with Crippen molar-refractivity contribution in [3.63, 3.8) is 0 Å². The van der Waals surface area contributed by atoms with Crippen molar-refractivity contribution in [3.05, 3.63) is 53.6 Å². The van der Waals surface area contributed by atoms with Gasteiger partial charge in [-0.2, -0.15) is 13.2 Å². The van der Waals surface area contributed by atoms with E-state index in [9.17, 15) is 22.4 Å². The molecule has 1 N–H and O–H groups in total.